The van der Waals surface area contributed by atoms with E-state index in [9.17, 15) is 9.59 Å². The van der Waals surface area contributed by atoms with Crippen LogP contribution in [0.5, 0.6) is 5.75 Å². The van der Waals surface area contributed by atoms with Crippen molar-refractivity contribution in [2.24, 2.45) is 0 Å². The molecule has 0 bridgehead atoms. The minimum Gasteiger partial charge on any atom is -0.494 e. The molecule has 0 atom stereocenters. The molecule has 2 amide bonds. The van der Waals surface area contributed by atoms with Gasteiger partial charge >= 0.3 is 0 Å². The average molecular weight is 712 g/mol. The molecule has 0 aliphatic heterocycles. The van der Waals surface area contributed by atoms with Crippen LogP contribution in [-0.4, -0.2) is 29.2 Å². The summed E-state index contributed by atoms with van der Waals surface area (Å²) in [6.45, 7) is 3.50. The molecule has 0 unspecified atom stereocenters. The normalized spacial score (nSPS) is 11.0. The van der Waals surface area contributed by atoms with Crippen LogP contribution in [0.15, 0.2) is 106 Å². The van der Waals surface area contributed by atoms with Gasteiger partial charge in [-0.15, -0.1) is 23.1 Å². The van der Waals surface area contributed by atoms with Crippen LogP contribution >= 0.6 is 34.9 Å². The number of hydrogen-bond acceptors (Lipinski definition) is 7. The smallest absolute Gasteiger partial charge is 0.255 e. The summed E-state index contributed by atoms with van der Waals surface area (Å²) in [7, 11) is 0. The first kappa shape index (κ1) is 36.5. The second kappa shape index (κ2) is 20.0. The van der Waals surface area contributed by atoms with Gasteiger partial charge in [-0.1, -0.05) is 106 Å². The first-order valence-electron chi connectivity index (χ1n) is 17.2. The van der Waals surface area contributed by atoms with Gasteiger partial charge in [0.15, 0.2) is 4.34 Å². The van der Waals surface area contributed by atoms with E-state index in [1.165, 1.54) is 62.3 Å². The lowest BCUT2D eigenvalue weighted by Crippen LogP contribution is -2.24. The summed E-state index contributed by atoms with van der Waals surface area (Å²) >= 11 is 4.86. The number of amides is 2. The van der Waals surface area contributed by atoms with Gasteiger partial charge in [0.25, 0.3) is 5.91 Å². The third kappa shape index (κ3) is 12.6. The number of thiazole rings is 1. The second-order valence-corrected chi connectivity index (χ2v) is 15.2. The monoisotopic (exact) mass is 711 g/mol. The number of carbonyl (C=O) groups is 2. The SMILES string of the molecule is CCCCCCCCCCOc1ccc(C(=O)Nc2ccc3nc(SCc4ccc(SCC(=O)NCc5ccccc5)cc4)sc3c2)cc1. The van der Waals surface area contributed by atoms with Gasteiger partial charge in [0.05, 0.1) is 22.6 Å². The summed E-state index contributed by atoms with van der Waals surface area (Å²) < 4.78 is 7.90. The predicted octanol–water partition coefficient (Wildman–Crippen LogP) is 10.8. The van der Waals surface area contributed by atoms with E-state index >= 15 is 0 Å². The summed E-state index contributed by atoms with van der Waals surface area (Å²) in [5.74, 6) is 1.85. The van der Waals surface area contributed by atoms with Crippen LogP contribution in [0.25, 0.3) is 10.2 Å². The van der Waals surface area contributed by atoms with Gasteiger partial charge < -0.3 is 15.4 Å². The largest absolute Gasteiger partial charge is 0.494 e. The quantitative estimate of drug-likeness (QED) is 0.0618. The van der Waals surface area contributed by atoms with Crippen molar-refractivity contribution in [3.63, 3.8) is 0 Å². The topological polar surface area (TPSA) is 80.3 Å². The Hall–Kier alpha value is -3.79. The fraction of sp³-hybridized carbons (Fsp3) is 0.325. The predicted molar refractivity (Wildman–Crippen MR) is 207 cm³/mol. The van der Waals surface area contributed by atoms with Crippen LogP contribution in [0.2, 0.25) is 0 Å². The van der Waals surface area contributed by atoms with E-state index in [4.69, 9.17) is 9.72 Å². The zero-order chi connectivity index (χ0) is 34.1. The highest BCUT2D eigenvalue weighted by Gasteiger charge is 2.10. The molecule has 0 spiro atoms. The lowest BCUT2D eigenvalue weighted by Gasteiger charge is -2.08. The molecule has 4 aromatic carbocycles. The number of nitrogens with zero attached hydrogens (tertiary/aromatic N) is 1. The number of carbonyl (C=O) groups excluding carboxylic acids is 2. The number of hydrogen-bond donors (Lipinski definition) is 2. The Morgan fingerprint density at radius 2 is 1.51 bits per heavy atom. The van der Waals surface area contributed by atoms with Crippen LogP contribution in [0.1, 0.15) is 79.8 Å². The number of anilines is 1. The minimum atomic E-state index is -0.150. The Morgan fingerprint density at radius 1 is 0.776 bits per heavy atom. The van der Waals surface area contributed by atoms with Crippen LogP contribution in [0, 0.1) is 0 Å². The van der Waals surface area contributed by atoms with E-state index in [1.807, 2.05) is 72.8 Å². The molecule has 256 valence electrons. The number of thioether (sulfide) groups is 2. The van der Waals surface area contributed by atoms with E-state index in [-0.39, 0.29) is 11.8 Å². The van der Waals surface area contributed by atoms with E-state index in [1.54, 1.807) is 23.1 Å². The Labute approximate surface area is 302 Å². The molecule has 6 nitrogen and oxygen atoms in total. The van der Waals surface area contributed by atoms with Crippen molar-refractivity contribution in [2.75, 3.05) is 17.7 Å². The third-order valence-electron chi connectivity index (χ3n) is 8.00. The standard InChI is InChI=1S/C40H45N3O3S3/c1-2-3-4-5-6-7-8-12-25-46-34-20-17-32(18-21-34)39(45)42-33-19-24-36-37(26-33)49-40(43-36)48-28-31-15-22-35(23-16-31)47-29-38(44)41-27-30-13-10-9-11-14-30/h9-11,13-24,26H,2-8,12,25,27-29H2,1H3,(H,41,44)(H,42,45). The van der Waals surface area contributed by atoms with Gasteiger partial charge in [-0.25, -0.2) is 4.98 Å². The van der Waals surface area contributed by atoms with Crippen LogP contribution in [0.4, 0.5) is 5.69 Å². The Bertz CT molecular complexity index is 1740. The number of rotatable bonds is 20. The molecule has 5 aromatic rings. The number of unbranched alkanes of at least 4 members (excludes halogenated alkanes) is 7. The van der Waals surface area contributed by atoms with Crippen molar-refractivity contribution in [3.05, 3.63) is 114 Å². The van der Waals surface area contributed by atoms with E-state index in [0.29, 0.717) is 24.5 Å². The van der Waals surface area contributed by atoms with Crippen LogP contribution in [0.3, 0.4) is 0 Å². The molecule has 5 rings (SSSR count). The summed E-state index contributed by atoms with van der Waals surface area (Å²) in [6, 6.07) is 31.5. The first-order valence-corrected chi connectivity index (χ1v) is 19.9. The maximum absolute atomic E-state index is 12.9. The molecule has 9 heteroatoms. The number of aromatic nitrogens is 1. The molecule has 0 aliphatic rings. The van der Waals surface area contributed by atoms with Crippen LogP contribution < -0.4 is 15.4 Å². The molecular weight excluding hydrogens is 667 g/mol. The first-order chi connectivity index (χ1) is 24.1. The van der Waals surface area contributed by atoms with Crippen molar-refractivity contribution in [3.8, 4) is 5.75 Å². The fourth-order valence-electron chi connectivity index (χ4n) is 5.20. The van der Waals surface area contributed by atoms with Gasteiger partial charge in [-0.05, 0) is 72.1 Å². The maximum Gasteiger partial charge on any atom is 0.255 e. The highest BCUT2D eigenvalue weighted by Crippen LogP contribution is 2.33. The van der Waals surface area contributed by atoms with Crippen molar-refractivity contribution < 1.29 is 14.3 Å². The zero-order valence-corrected chi connectivity index (χ0v) is 30.6. The van der Waals surface area contributed by atoms with Gasteiger partial charge in [0, 0.05) is 28.4 Å². The molecule has 2 N–H and O–H groups in total. The Morgan fingerprint density at radius 3 is 2.27 bits per heavy atom. The van der Waals surface area contributed by atoms with Gasteiger partial charge in [0.2, 0.25) is 5.91 Å². The average Bonchev–Trinajstić information content (AvgIpc) is 3.55. The lowest BCUT2D eigenvalue weighted by molar-refractivity contribution is -0.118. The van der Waals surface area contributed by atoms with E-state index < -0.39 is 0 Å². The molecule has 1 aromatic heterocycles. The summed E-state index contributed by atoms with van der Waals surface area (Å²) in [5, 5.41) is 6.00. The molecule has 0 aliphatic carbocycles. The molecular formula is C40H45N3O3S3. The second-order valence-electron chi connectivity index (χ2n) is 11.9. The molecule has 0 saturated heterocycles. The molecule has 0 radical (unpaired) electrons. The van der Waals surface area contributed by atoms with Crippen molar-refractivity contribution in [1.29, 1.82) is 0 Å². The summed E-state index contributed by atoms with van der Waals surface area (Å²) in [6.07, 6.45) is 10.2. The van der Waals surface area contributed by atoms with Gasteiger partial charge in [-0.2, -0.15) is 0 Å². The highest BCUT2D eigenvalue weighted by molar-refractivity contribution is 8.00. The zero-order valence-electron chi connectivity index (χ0n) is 28.1. The highest BCUT2D eigenvalue weighted by atomic mass is 32.2. The summed E-state index contributed by atoms with van der Waals surface area (Å²) in [4.78, 5) is 31.0. The molecule has 49 heavy (non-hydrogen) atoms. The molecule has 0 saturated carbocycles. The Kier molecular flexibility index (Phi) is 14.9. The number of ether oxygens (including phenoxy) is 1. The lowest BCUT2D eigenvalue weighted by atomic mass is 10.1. The fourth-order valence-corrected chi connectivity index (χ4v) is 7.99. The number of fused-ring (bicyclic) bond motifs is 1. The number of benzene rings is 4. The Balaban J connectivity index is 1.02. The van der Waals surface area contributed by atoms with Crippen molar-refractivity contribution in [1.82, 2.24) is 10.3 Å². The maximum atomic E-state index is 12.9. The van der Waals surface area contributed by atoms with Crippen molar-refractivity contribution in [2.45, 2.75) is 79.8 Å². The third-order valence-corrected chi connectivity index (χ3v) is 11.2. The van der Waals surface area contributed by atoms with Gasteiger partial charge in [-0.3, -0.25) is 9.59 Å². The van der Waals surface area contributed by atoms with E-state index in [2.05, 4.69) is 41.8 Å². The van der Waals surface area contributed by atoms with Gasteiger partial charge in [0.1, 0.15) is 5.75 Å². The number of nitrogens with one attached hydrogen (secondary N) is 2. The molecule has 0 fully saturated rings. The summed E-state index contributed by atoms with van der Waals surface area (Å²) in [5.41, 5.74) is 4.54. The van der Waals surface area contributed by atoms with Crippen molar-refractivity contribution >= 4 is 62.6 Å². The molecule has 1 heterocycles. The van der Waals surface area contributed by atoms with E-state index in [0.717, 1.165) is 48.6 Å². The minimum absolute atomic E-state index is 0.0237. The van der Waals surface area contributed by atoms with Crippen LogP contribution in [-0.2, 0) is 17.1 Å².